The number of halogens is 4. The van der Waals surface area contributed by atoms with Crippen LogP contribution in [0, 0.1) is 0 Å². The topological polar surface area (TPSA) is 141 Å². The molecule has 5 heterocycles. The highest BCUT2D eigenvalue weighted by Gasteiger charge is 2.38. The van der Waals surface area contributed by atoms with Crippen molar-refractivity contribution in [2.45, 2.75) is 18.4 Å². The number of anilines is 1. The second-order valence-corrected chi connectivity index (χ2v) is 9.19. The van der Waals surface area contributed by atoms with Gasteiger partial charge < -0.3 is 20.7 Å². The van der Waals surface area contributed by atoms with Gasteiger partial charge in [-0.05, 0) is 12.1 Å². The second kappa shape index (κ2) is 9.51. The van der Waals surface area contributed by atoms with E-state index < -0.39 is 41.3 Å². The van der Waals surface area contributed by atoms with Gasteiger partial charge in [0.25, 0.3) is 11.8 Å². The van der Waals surface area contributed by atoms with Gasteiger partial charge in [0.05, 0.1) is 42.7 Å². The van der Waals surface area contributed by atoms with Gasteiger partial charge in [-0.25, -0.2) is 18.9 Å². The lowest BCUT2D eigenvalue weighted by atomic mass is 10.1. The number of pyridine rings is 1. The zero-order valence-corrected chi connectivity index (χ0v) is 20.3. The highest BCUT2D eigenvalue weighted by atomic mass is 32.1. The molecule has 1 aliphatic heterocycles. The summed E-state index contributed by atoms with van der Waals surface area (Å²) in [6.45, 7) is -0.317. The van der Waals surface area contributed by atoms with Crippen molar-refractivity contribution in [3.63, 3.8) is 0 Å². The number of alkyl halides is 4. The Hall–Kier alpha value is -4.34. The molecule has 5 rings (SSSR count). The number of methoxy groups -OCH3 is 1. The Labute approximate surface area is 215 Å². The van der Waals surface area contributed by atoms with Crippen molar-refractivity contribution >= 4 is 34.5 Å². The average molecular weight is 550 g/mol. The Balaban J connectivity index is 1.45. The normalized spacial score (nSPS) is 17.7. The third-order valence-corrected chi connectivity index (χ3v) is 6.73. The molecular weight excluding hydrogens is 532 g/mol. The van der Waals surface area contributed by atoms with Crippen LogP contribution in [0.2, 0.25) is 0 Å². The highest BCUT2D eigenvalue weighted by Crippen LogP contribution is 2.39. The number of nitrogens with two attached hydrogens (primary N) is 1. The smallest absolute Gasteiger partial charge is 0.418 e. The SMILES string of the molecule is COc1ncc(-c2cc(C(F)(F)F)c3c(N)ncnn23)cc1C(=O)NC1CN(C(=O)c2cncs2)C[C@@H]1F. The predicted octanol–water partition coefficient (Wildman–Crippen LogP) is 2.45. The van der Waals surface area contributed by atoms with Gasteiger partial charge in [-0.2, -0.15) is 18.3 Å². The molecule has 1 aliphatic rings. The zero-order chi connectivity index (χ0) is 27.2. The van der Waals surface area contributed by atoms with Crippen LogP contribution in [0.25, 0.3) is 16.8 Å². The van der Waals surface area contributed by atoms with Crippen LogP contribution in [0.1, 0.15) is 25.6 Å². The second-order valence-electron chi connectivity index (χ2n) is 8.30. The van der Waals surface area contributed by atoms with Crippen LogP contribution in [-0.2, 0) is 6.18 Å². The summed E-state index contributed by atoms with van der Waals surface area (Å²) in [5, 5.41) is 6.42. The zero-order valence-electron chi connectivity index (χ0n) is 19.4. The van der Waals surface area contributed by atoms with E-state index in [9.17, 15) is 27.2 Å². The quantitative estimate of drug-likeness (QED) is 0.361. The van der Waals surface area contributed by atoms with Crippen molar-refractivity contribution in [2.24, 2.45) is 0 Å². The number of hydrogen-bond donors (Lipinski definition) is 2. The molecule has 0 saturated carbocycles. The molecule has 4 aromatic heterocycles. The van der Waals surface area contributed by atoms with Gasteiger partial charge in [-0.15, -0.1) is 11.3 Å². The highest BCUT2D eigenvalue weighted by molar-refractivity contribution is 7.11. The lowest BCUT2D eigenvalue weighted by Crippen LogP contribution is -2.42. The number of carbonyl (C=O) groups is 2. The lowest BCUT2D eigenvalue weighted by molar-refractivity contribution is -0.136. The van der Waals surface area contributed by atoms with Gasteiger partial charge in [-0.3, -0.25) is 14.6 Å². The number of ether oxygens (including phenoxy) is 1. The number of aromatic nitrogens is 5. The summed E-state index contributed by atoms with van der Waals surface area (Å²) in [5.41, 5.74) is 5.53. The molecule has 2 atom stereocenters. The number of nitrogen functional groups attached to an aromatic ring is 1. The van der Waals surface area contributed by atoms with Crippen LogP contribution in [0.4, 0.5) is 23.4 Å². The van der Waals surface area contributed by atoms with Crippen LogP contribution in [-0.4, -0.2) is 73.7 Å². The number of amides is 2. The summed E-state index contributed by atoms with van der Waals surface area (Å²) in [4.78, 5) is 38.8. The van der Waals surface area contributed by atoms with E-state index in [2.05, 4.69) is 25.4 Å². The molecule has 11 nitrogen and oxygen atoms in total. The van der Waals surface area contributed by atoms with Crippen molar-refractivity contribution in [3.05, 3.63) is 52.4 Å². The van der Waals surface area contributed by atoms with Gasteiger partial charge in [0.1, 0.15) is 28.5 Å². The van der Waals surface area contributed by atoms with Crippen molar-refractivity contribution < 1.29 is 31.9 Å². The first-order valence-corrected chi connectivity index (χ1v) is 11.8. The van der Waals surface area contributed by atoms with Gasteiger partial charge >= 0.3 is 6.18 Å². The van der Waals surface area contributed by atoms with E-state index in [1.165, 1.54) is 36.0 Å². The largest absolute Gasteiger partial charge is 0.480 e. The molecule has 1 saturated heterocycles. The summed E-state index contributed by atoms with van der Waals surface area (Å²) in [7, 11) is 1.25. The van der Waals surface area contributed by atoms with Crippen molar-refractivity contribution in [2.75, 3.05) is 25.9 Å². The molecule has 16 heteroatoms. The van der Waals surface area contributed by atoms with Crippen LogP contribution in [0.3, 0.4) is 0 Å². The maximum atomic E-state index is 14.8. The first-order chi connectivity index (χ1) is 18.1. The standard InChI is InChI=1S/C22H18F4N8O3S/c1-37-20-11(19(35)32-14-7-33(6-13(14)23)21(36)16-5-28-9-38-16)2-10(4-29-20)15-3-12(22(24,25)26)17-18(27)30-8-31-34(15)17/h2-5,8-9,13-14H,6-7H2,1H3,(H,32,35)(H2,27,30,31)/t13-,14?/m0/s1. The fourth-order valence-electron chi connectivity index (χ4n) is 4.20. The van der Waals surface area contributed by atoms with E-state index in [0.717, 1.165) is 28.2 Å². The molecular formula is C22H18F4N8O3S. The third-order valence-electron chi connectivity index (χ3n) is 5.97. The summed E-state index contributed by atoms with van der Waals surface area (Å²) in [6, 6.07) is 1.04. The van der Waals surface area contributed by atoms with E-state index in [1.807, 2.05) is 0 Å². The number of nitrogens with zero attached hydrogens (tertiary/aromatic N) is 6. The van der Waals surface area contributed by atoms with Gasteiger partial charge in [-0.1, -0.05) is 0 Å². The molecule has 1 fully saturated rings. The molecule has 1 unspecified atom stereocenters. The van der Waals surface area contributed by atoms with Gasteiger partial charge in [0.15, 0.2) is 5.82 Å². The Morgan fingerprint density at radius 1 is 1.21 bits per heavy atom. The van der Waals surface area contributed by atoms with Crippen LogP contribution >= 0.6 is 11.3 Å². The third kappa shape index (κ3) is 4.46. The van der Waals surface area contributed by atoms with Crippen LogP contribution in [0.5, 0.6) is 5.88 Å². The molecule has 0 bridgehead atoms. The van der Waals surface area contributed by atoms with E-state index in [0.29, 0.717) is 4.88 Å². The predicted molar refractivity (Wildman–Crippen MR) is 126 cm³/mol. The monoisotopic (exact) mass is 550 g/mol. The minimum Gasteiger partial charge on any atom is -0.480 e. The molecule has 198 valence electrons. The number of likely N-dealkylation sites (tertiary alicyclic amines) is 1. The lowest BCUT2D eigenvalue weighted by Gasteiger charge is -2.17. The summed E-state index contributed by atoms with van der Waals surface area (Å²) in [6.07, 6.45) is -2.73. The van der Waals surface area contributed by atoms with Gasteiger partial charge in [0.2, 0.25) is 5.88 Å². The Kier molecular flexibility index (Phi) is 6.34. The first kappa shape index (κ1) is 25.3. The maximum Gasteiger partial charge on any atom is 0.418 e. The first-order valence-electron chi connectivity index (χ1n) is 10.9. The number of nitrogens with one attached hydrogen (secondary N) is 1. The van der Waals surface area contributed by atoms with Crippen LogP contribution < -0.4 is 15.8 Å². The van der Waals surface area contributed by atoms with Crippen molar-refractivity contribution in [1.29, 1.82) is 0 Å². The number of carbonyl (C=O) groups excluding carboxylic acids is 2. The number of rotatable bonds is 5. The van der Waals surface area contributed by atoms with Gasteiger partial charge in [0, 0.05) is 18.3 Å². The minimum atomic E-state index is -4.76. The Morgan fingerprint density at radius 2 is 2.00 bits per heavy atom. The Morgan fingerprint density at radius 3 is 2.68 bits per heavy atom. The molecule has 0 aliphatic carbocycles. The number of hydrogen-bond acceptors (Lipinski definition) is 9. The van der Waals surface area contributed by atoms with E-state index in [1.54, 1.807) is 0 Å². The Bertz CT molecular complexity index is 1530. The van der Waals surface area contributed by atoms with Crippen molar-refractivity contribution in [3.8, 4) is 17.1 Å². The average Bonchev–Trinajstić information content (AvgIpc) is 3.63. The maximum absolute atomic E-state index is 14.8. The summed E-state index contributed by atoms with van der Waals surface area (Å²) in [5.74, 6) is -1.72. The van der Waals surface area contributed by atoms with E-state index in [-0.39, 0.29) is 41.6 Å². The summed E-state index contributed by atoms with van der Waals surface area (Å²) >= 11 is 1.11. The van der Waals surface area contributed by atoms with E-state index in [4.69, 9.17) is 10.5 Å². The summed E-state index contributed by atoms with van der Waals surface area (Å²) < 4.78 is 62.0. The molecule has 2 amide bonds. The minimum absolute atomic E-state index is 0.0591. The van der Waals surface area contributed by atoms with E-state index >= 15 is 0 Å². The number of fused-ring (bicyclic) bond motifs is 1. The molecule has 0 radical (unpaired) electrons. The molecule has 3 N–H and O–H groups in total. The fourth-order valence-corrected chi connectivity index (χ4v) is 4.78. The molecule has 0 spiro atoms. The number of thiazole rings is 1. The molecule has 4 aromatic rings. The van der Waals surface area contributed by atoms with Crippen LogP contribution in [0.15, 0.2) is 36.4 Å². The fraction of sp³-hybridized carbons (Fsp3) is 0.273. The molecule has 0 aromatic carbocycles. The molecule has 38 heavy (non-hydrogen) atoms. The van der Waals surface area contributed by atoms with Crippen molar-refractivity contribution in [1.82, 2.24) is 34.8 Å².